The lowest BCUT2D eigenvalue weighted by Crippen LogP contribution is -2.51. The van der Waals surface area contributed by atoms with Crippen molar-refractivity contribution in [1.29, 1.82) is 0 Å². The second-order valence-corrected chi connectivity index (χ2v) is 6.61. The second kappa shape index (κ2) is 4.24. The van der Waals surface area contributed by atoms with Crippen LogP contribution in [0.2, 0.25) is 0 Å². The van der Waals surface area contributed by atoms with E-state index in [4.69, 9.17) is 5.73 Å². The first-order valence-electron chi connectivity index (χ1n) is 5.37. The molecule has 0 bridgehead atoms. The van der Waals surface area contributed by atoms with Crippen LogP contribution in [0, 0.1) is 5.82 Å². The van der Waals surface area contributed by atoms with E-state index in [1.807, 2.05) is 0 Å². The van der Waals surface area contributed by atoms with Crippen molar-refractivity contribution < 1.29 is 17.6 Å². The Kier molecular flexibility index (Phi) is 3.02. The third-order valence-electron chi connectivity index (χ3n) is 2.99. The maximum absolute atomic E-state index is 13.0. The monoisotopic (exact) mass is 272 g/mol. The Bertz CT molecular complexity index is 588. The number of halogens is 1. The summed E-state index contributed by atoms with van der Waals surface area (Å²) < 4.78 is 36.0. The summed E-state index contributed by atoms with van der Waals surface area (Å²) in [6.45, 7) is 0. The molecule has 18 heavy (non-hydrogen) atoms. The van der Waals surface area contributed by atoms with Crippen LogP contribution in [0.1, 0.15) is 6.42 Å². The van der Waals surface area contributed by atoms with E-state index in [2.05, 4.69) is 5.32 Å². The smallest absolute Gasteiger partial charge is 0.244 e. The molecule has 0 saturated carbocycles. The van der Waals surface area contributed by atoms with Crippen LogP contribution in [-0.2, 0) is 14.6 Å². The van der Waals surface area contributed by atoms with E-state index < -0.39 is 27.1 Å². The highest BCUT2D eigenvalue weighted by molar-refractivity contribution is 7.91. The Labute approximate surface area is 104 Å². The maximum Gasteiger partial charge on any atom is 0.244 e. The third-order valence-corrected chi connectivity index (χ3v) is 4.74. The van der Waals surface area contributed by atoms with Gasteiger partial charge in [-0.25, -0.2) is 12.8 Å². The molecule has 1 aromatic rings. The maximum atomic E-state index is 13.0. The summed E-state index contributed by atoms with van der Waals surface area (Å²) >= 11 is 0. The van der Waals surface area contributed by atoms with Crippen molar-refractivity contribution in [2.24, 2.45) is 5.73 Å². The number of nitrogens with two attached hydrogens (primary N) is 1. The van der Waals surface area contributed by atoms with Gasteiger partial charge < -0.3 is 11.1 Å². The van der Waals surface area contributed by atoms with Gasteiger partial charge in [-0.2, -0.15) is 0 Å². The van der Waals surface area contributed by atoms with Gasteiger partial charge in [-0.1, -0.05) is 6.07 Å². The lowest BCUT2D eigenvalue weighted by molar-refractivity contribution is -0.121. The van der Waals surface area contributed by atoms with Gasteiger partial charge >= 0.3 is 0 Å². The van der Waals surface area contributed by atoms with Gasteiger partial charge in [-0.05, 0) is 24.6 Å². The molecular formula is C11H13FN2O3S. The molecule has 1 aromatic carbocycles. The zero-order valence-electron chi connectivity index (χ0n) is 9.52. The number of rotatable bonds is 3. The van der Waals surface area contributed by atoms with Gasteiger partial charge in [0.2, 0.25) is 5.91 Å². The standard InChI is InChI=1S/C11H13FN2O3S/c12-8-2-1-3-9(6-8)14-11(10(13)15)4-5-18(16,17)7-11/h1-3,6,14H,4-5,7H2,(H2,13,15). The van der Waals surface area contributed by atoms with E-state index >= 15 is 0 Å². The zero-order chi connectivity index (χ0) is 13.4. The number of anilines is 1. The fourth-order valence-electron chi connectivity index (χ4n) is 2.05. The number of carbonyl (C=O) groups is 1. The van der Waals surface area contributed by atoms with Gasteiger partial charge in [0, 0.05) is 5.69 Å². The van der Waals surface area contributed by atoms with Crippen LogP contribution in [0.3, 0.4) is 0 Å². The topological polar surface area (TPSA) is 89.3 Å². The SMILES string of the molecule is NC(=O)C1(Nc2cccc(F)c2)CCS(=O)(=O)C1. The molecule has 98 valence electrons. The first-order valence-corrected chi connectivity index (χ1v) is 7.19. The molecule has 5 nitrogen and oxygen atoms in total. The highest BCUT2D eigenvalue weighted by atomic mass is 32.2. The molecule has 1 saturated heterocycles. The minimum atomic E-state index is -3.29. The van der Waals surface area contributed by atoms with Gasteiger partial charge in [0.1, 0.15) is 11.4 Å². The summed E-state index contributed by atoms with van der Waals surface area (Å²) in [5.74, 6) is -1.67. The number of nitrogens with one attached hydrogen (secondary N) is 1. The first-order chi connectivity index (χ1) is 8.33. The number of amides is 1. The Morgan fingerprint density at radius 3 is 2.67 bits per heavy atom. The largest absolute Gasteiger partial charge is 0.370 e. The van der Waals surface area contributed by atoms with E-state index in [-0.39, 0.29) is 17.9 Å². The molecule has 0 aliphatic carbocycles. The van der Waals surface area contributed by atoms with E-state index in [9.17, 15) is 17.6 Å². The summed E-state index contributed by atoms with van der Waals surface area (Å²) in [6, 6.07) is 5.47. The Morgan fingerprint density at radius 2 is 2.17 bits per heavy atom. The average Bonchev–Trinajstić information content (AvgIpc) is 2.55. The van der Waals surface area contributed by atoms with Crippen LogP contribution < -0.4 is 11.1 Å². The van der Waals surface area contributed by atoms with Crippen LogP contribution in [0.5, 0.6) is 0 Å². The molecule has 1 heterocycles. The highest BCUT2D eigenvalue weighted by Crippen LogP contribution is 2.28. The Hall–Kier alpha value is -1.63. The summed E-state index contributed by atoms with van der Waals surface area (Å²) in [5.41, 5.74) is 4.28. The van der Waals surface area contributed by atoms with Gasteiger partial charge in [0.05, 0.1) is 11.5 Å². The predicted octanol–water partition coefficient (Wildman–Crippen LogP) is 0.280. The van der Waals surface area contributed by atoms with Crippen molar-refractivity contribution in [3.05, 3.63) is 30.1 Å². The van der Waals surface area contributed by atoms with Gasteiger partial charge in [-0.15, -0.1) is 0 Å². The fraction of sp³-hybridized carbons (Fsp3) is 0.364. The van der Waals surface area contributed by atoms with Gasteiger partial charge in [-0.3, -0.25) is 4.79 Å². The minimum absolute atomic E-state index is 0.0984. The number of hydrogen-bond donors (Lipinski definition) is 2. The molecule has 2 rings (SSSR count). The number of benzene rings is 1. The van der Waals surface area contributed by atoms with Gasteiger partial charge in [0.25, 0.3) is 0 Å². The summed E-state index contributed by atoms with van der Waals surface area (Å²) in [7, 11) is -3.29. The van der Waals surface area contributed by atoms with Crippen molar-refractivity contribution >= 4 is 21.4 Å². The quantitative estimate of drug-likeness (QED) is 0.827. The average molecular weight is 272 g/mol. The predicted molar refractivity (Wildman–Crippen MR) is 65.2 cm³/mol. The number of carbonyl (C=O) groups excluding carboxylic acids is 1. The van der Waals surface area contributed by atoms with Crippen LogP contribution in [0.4, 0.5) is 10.1 Å². The van der Waals surface area contributed by atoms with E-state index in [0.717, 1.165) is 0 Å². The molecule has 1 unspecified atom stereocenters. The first kappa shape index (κ1) is 12.8. The summed E-state index contributed by atoms with van der Waals surface area (Å²) in [6.07, 6.45) is 0.0984. The molecule has 1 aliphatic rings. The summed E-state index contributed by atoms with van der Waals surface area (Å²) in [4.78, 5) is 11.5. The van der Waals surface area contributed by atoms with E-state index in [0.29, 0.717) is 5.69 Å². The molecule has 3 N–H and O–H groups in total. The molecule has 1 fully saturated rings. The lowest BCUT2D eigenvalue weighted by Gasteiger charge is -2.26. The molecule has 1 amide bonds. The second-order valence-electron chi connectivity index (χ2n) is 4.42. The third kappa shape index (κ3) is 2.45. The normalized spacial score (nSPS) is 25.8. The number of primary amides is 1. The Balaban J connectivity index is 2.31. The van der Waals surface area contributed by atoms with Crippen molar-refractivity contribution in [1.82, 2.24) is 0 Å². The molecule has 7 heteroatoms. The number of hydrogen-bond acceptors (Lipinski definition) is 4. The van der Waals surface area contributed by atoms with Crippen LogP contribution in [0.15, 0.2) is 24.3 Å². The van der Waals surface area contributed by atoms with Crippen molar-refractivity contribution in [3.63, 3.8) is 0 Å². The molecule has 1 atom stereocenters. The minimum Gasteiger partial charge on any atom is -0.370 e. The zero-order valence-corrected chi connectivity index (χ0v) is 10.3. The molecule has 0 spiro atoms. The van der Waals surface area contributed by atoms with Crippen molar-refractivity contribution in [2.75, 3.05) is 16.8 Å². The molecule has 1 aliphatic heterocycles. The summed E-state index contributed by atoms with van der Waals surface area (Å²) in [5, 5.41) is 2.76. The highest BCUT2D eigenvalue weighted by Gasteiger charge is 2.47. The fourth-order valence-corrected chi connectivity index (χ4v) is 3.96. The molecular weight excluding hydrogens is 259 g/mol. The van der Waals surface area contributed by atoms with E-state index in [1.54, 1.807) is 6.07 Å². The van der Waals surface area contributed by atoms with E-state index in [1.165, 1.54) is 18.2 Å². The molecule has 0 aromatic heterocycles. The number of sulfone groups is 1. The van der Waals surface area contributed by atoms with Crippen molar-refractivity contribution in [3.8, 4) is 0 Å². The van der Waals surface area contributed by atoms with Gasteiger partial charge in [0.15, 0.2) is 9.84 Å². The van der Waals surface area contributed by atoms with Crippen LogP contribution in [0.25, 0.3) is 0 Å². The van der Waals surface area contributed by atoms with Crippen LogP contribution in [-0.4, -0.2) is 31.4 Å². The Morgan fingerprint density at radius 1 is 1.44 bits per heavy atom. The lowest BCUT2D eigenvalue weighted by atomic mass is 9.97. The van der Waals surface area contributed by atoms with Crippen molar-refractivity contribution in [2.45, 2.75) is 12.0 Å². The molecule has 0 radical (unpaired) electrons. The van der Waals surface area contributed by atoms with Crippen LogP contribution >= 0.6 is 0 Å².